The van der Waals surface area contributed by atoms with E-state index in [-0.39, 0.29) is 37.5 Å². The highest BCUT2D eigenvalue weighted by atomic mass is 35.5. The van der Waals surface area contributed by atoms with Crippen LogP contribution in [0.1, 0.15) is 11.1 Å². The van der Waals surface area contributed by atoms with Gasteiger partial charge in [0, 0.05) is 0 Å². The van der Waals surface area contributed by atoms with Crippen molar-refractivity contribution in [3.63, 3.8) is 0 Å². The van der Waals surface area contributed by atoms with E-state index in [4.69, 9.17) is 0 Å². The summed E-state index contributed by atoms with van der Waals surface area (Å²) >= 11 is 0. The molecule has 0 radical (unpaired) electrons. The van der Waals surface area contributed by atoms with Crippen LogP contribution < -0.4 is 22.3 Å². The molecule has 6 heteroatoms. The maximum atomic E-state index is 12.7. The first kappa shape index (κ1) is 22.5. The molecule has 31 heavy (non-hydrogen) atoms. The zero-order valence-electron chi connectivity index (χ0n) is 17.2. The third-order valence-corrected chi connectivity index (χ3v) is 5.20. The number of hydrogen-bond acceptors (Lipinski definition) is 2. The molecule has 0 saturated heterocycles. The normalized spacial score (nSPS) is 11.6. The van der Waals surface area contributed by atoms with Crippen LogP contribution in [0.5, 0.6) is 0 Å². The number of fused-ring (bicyclic) bond motifs is 1. The lowest BCUT2D eigenvalue weighted by molar-refractivity contribution is -0.663. The Labute approximate surface area is 188 Å². The first-order chi connectivity index (χ1) is 14.7. The Balaban J connectivity index is 0.00000272. The molecule has 1 amide bonds. The molecule has 0 bridgehead atoms. The molecule has 4 rings (SSSR count). The number of imidazole rings is 1. The number of halogens is 1. The van der Waals surface area contributed by atoms with Crippen LogP contribution in [0.3, 0.4) is 0 Å². The van der Waals surface area contributed by atoms with E-state index in [9.17, 15) is 9.90 Å². The predicted octanol–water partition coefficient (Wildman–Crippen LogP) is -0.299. The predicted molar refractivity (Wildman–Crippen MR) is 117 cm³/mol. The lowest BCUT2D eigenvalue weighted by atomic mass is 10.1. The average molecular weight is 436 g/mol. The van der Waals surface area contributed by atoms with Crippen molar-refractivity contribution in [2.75, 3.05) is 6.61 Å². The van der Waals surface area contributed by atoms with Crippen molar-refractivity contribution in [1.29, 1.82) is 0 Å². The van der Waals surface area contributed by atoms with Gasteiger partial charge in [0.2, 0.25) is 6.33 Å². The topological polar surface area (TPSA) is 58.1 Å². The maximum absolute atomic E-state index is 12.7. The smallest absolute Gasteiger partial charge is 0.262 e. The zero-order chi connectivity index (χ0) is 20.8. The van der Waals surface area contributed by atoms with Crippen molar-refractivity contribution in [1.82, 2.24) is 9.88 Å². The van der Waals surface area contributed by atoms with Gasteiger partial charge in [-0.05, 0) is 29.7 Å². The van der Waals surface area contributed by atoms with Crippen molar-refractivity contribution in [3.05, 3.63) is 102 Å². The lowest BCUT2D eigenvalue weighted by Crippen LogP contribution is -3.00. The van der Waals surface area contributed by atoms with Crippen LogP contribution in [-0.2, 0) is 24.3 Å². The van der Waals surface area contributed by atoms with Gasteiger partial charge in [0.1, 0.15) is 6.54 Å². The number of aliphatic hydroxyl groups excluding tert-OH is 1. The molecule has 0 aliphatic rings. The van der Waals surface area contributed by atoms with Crippen LogP contribution in [0.25, 0.3) is 11.0 Å². The van der Waals surface area contributed by atoms with Crippen molar-refractivity contribution in [2.24, 2.45) is 0 Å². The third-order valence-electron chi connectivity index (χ3n) is 5.20. The SMILES string of the molecule is O=C(Cn1c[n+](Cc2ccccc2)c2ccccc21)N[C@H](CO)Cc1ccccc1.[Cl-]. The summed E-state index contributed by atoms with van der Waals surface area (Å²) < 4.78 is 4.12. The number of rotatable bonds is 8. The van der Waals surface area contributed by atoms with Gasteiger partial charge < -0.3 is 22.8 Å². The van der Waals surface area contributed by atoms with Gasteiger partial charge in [0.05, 0.1) is 12.6 Å². The van der Waals surface area contributed by atoms with Gasteiger partial charge >= 0.3 is 0 Å². The molecule has 5 nitrogen and oxygen atoms in total. The monoisotopic (exact) mass is 435 g/mol. The Morgan fingerprint density at radius 3 is 2.19 bits per heavy atom. The number of nitrogens with one attached hydrogen (secondary N) is 1. The van der Waals surface area contributed by atoms with Crippen LogP contribution in [0.2, 0.25) is 0 Å². The molecule has 4 aromatic rings. The molecule has 1 aromatic heterocycles. The first-order valence-corrected chi connectivity index (χ1v) is 10.2. The van der Waals surface area contributed by atoms with Gasteiger partial charge in [-0.3, -0.25) is 4.79 Å². The summed E-state index contributed by atoms with van der Waals surface area (Å²) in [6, 6.07) is 27.9. The molecule has 160 valence electrons. The van der Waals surface area contributed by atoms with Crippen LogP contribution in [0.4, 0.5) is 0 Å². The van der Waals surface area contributed by atoms with Gasteiger partial charge in [-0.1, -0.05) is 72.8 Å². The second-order valence-electron chi connectivity index (χ2n) is 7.48. The first-order valence-electron chi connectivity index (χ1n) is 10.2. The van der Waals surface area contributed by atoms with E-state index in [0.29, 0.717) is 6.42 Å². The second-order valence-corrected chi connectivity index (χ2v) is 7.48. The van der Waals surface area contributed by atoms with E-state index in [1.807, 2.05) is 77.6 Å². The van der Waals surface area contributed by atoms with E-state index in [2.05, 4.69) is 28.1 Å². The highest BCUT2D eigenvalue weighted by Gasteiger charge is 2.19. The molecule has 0 aliphatic carbocycles. The fraction of sp³-hybridized carbons (Fsp3) is 0.200. The molecule has 1 heterocycles. The summed E-state index contributed by atoms with van der Waals surface area (Å²) in [5.74, 6) is -0.113. The highest BCUT2D eigenvalue weighted by Crippen LogP contribution is 2.12. The van der Waals surface area contributed by atoms with Gasteiger partial charge in [0.25, 0.3) is 5.91 Å². The molecular formula is C25H26ClN3O2. The Bertz CT molecular complexity index is 1110. The average Bonchev–Trinajstić information content (AvgIpc) is 3.12. The number of carbonyl (C=O) groups is 1. The van der Waals surface area contributed by atoms with E-state index in [1.54, 1.807) is 0 Å². The van der Waals surface area contributed by atoms with E-state index in [0.717, 1.165) is 23.1 Å². The van der Waals surface area contributed by atoms with Crippen LogP contribution in [-0.4, -0.2) is 28.2 Å². The third kappa shape index (κ3) is 5.72. The number of aromatic nitrogens is 2. The second kappa shape index (κ2) is 10.8. The number of benzene rings is 3. The highest BCUT2D eigenvalue weighted by molar-refractivity contribution is 5.79. The van der Waals surface area contributed by atoms with Crippen LogP contribution in [0, 0.1) is 0 Å². The van der Waals surface area contributed by atoms with Crippen molar-refractivity contribution in [3.8, 4) is 0 Å². The van der Waals surface area contributed by atoms with Crippen molar-refractivity contribution < 1.29 is 26.9 Å². The summed E-state index contributed by atoms with van der Waals surface area (Å²) in [5.41, 5.74) is 4.38. The standard InChI is InChI=1S/C25H25N3O2.ClH/c29-18-22(15-20-9-3-1-4-10-20)26-25(30)17-28-19-27(16-21-11-5-2-6-12-21)23-13-7-8-14-24(23)28;/h1-14,19,22,29H,15-18H2;1H/t22-;/m0./s1. The van der Waals surface area contributed by atoms with Crippen molar-refractivity contribution >= 4 is 16.9 Å². The number of amides is 1. The Morgan fingerprint density at radius 2 is 1.52 bits per heavy atom. The van der Waals surface area contributed by atoms with Gasteiger partial charge in [-0.25, -0.2) is 9.13 Å². The number of carbonyl (C=O) groups excluding carboxylic acids is 1. The lowest BCUT2D eigenvalue weighted by Gasteiger charge is -2.15. The zero-order valence-corrected chi connectivity index (χ0v) is 17.9. The van der Waals surface area contributed by atoms with Gasteiger partial charge in [-0.2, -0.15) is 0 Å². The molecule has 0 spiro atoms. The van der Waals surface area contributed by atoms with Crippen LogP contribution >= 0.6 is 0 Å². The summed E-state index contributed by atoms with van der Waals surface area (Å²) in [7, 11) is 0. The molecular weight excluding hydrogens is 410 g/mol. The largest absolute Gasteiger partial charge is 1.00 e. The maximum Gasteiger partial charge on any atom is 0.262 e. The van der Waals surface area contributed by atoms with E-state index >= 15 is 0 Å². The minimum atomic E-state index is -0.307. The summed E-state index contributed by atoms with van der Waals surface area (Å²) in [5, 5.41) is 12.7. The summed E-state index contributed by atoms with van der Waals surface area (Å²) in [4.78, 5) is 12.7. The Hall–Kier alpha value is -3.15. The van der Waals surface area contributed by atoms with E-state index < -0.39 is 0 Å². The molecule has 0 saturated carbocycles. The fourth-order valence-corrected chi connectivity index (χ4v) is 3.76. The summed E-state index contributed by atoms with van der Waals surface area (Å²) in [6.45, 7) is 0.845. The Morgan fingerprint density at radius 1 is 0.903 bits per heavy atom. The van der Waals surface area contributed by atoms with Gasteiger partial charge in [-0.15, -0.1) is 0 Å². The molecule has 0 unspecified atom stereocenters. The van der Waals surface area contributed by atoms with Crippen molar-refractivity contribution in [2.45, 2.75) is 25.6 Å². The number of hydrogen-bond donors (Lipinski definition) is 2. The Kier molecular flexibility index (Phi) is 7.82. The van der Waals surface area contributed by atoms with Crippen LogP contribution in [0.15, 0.2) is 91.3 Å². The number of para-hydroxylation sites is 2. The summed E-state index contributed by atoms with van der Waals surface area (Å²) in [6.07, 6.45) is 2.59. The fourth-order valence-electron chi connectivity index (χ4n) is 3.76. The van der Waals surface area contributed by atoms with E-state index in [1.165, 1.54) is 5.56 Å². The molecule has 0 aliphatic heterocycles. The molecule has 1 atom stereocenters. The number of nitrogens with zero attached hydrogens (tertiary/aromatic N) is 2. The van der Waals surface area contributed by atoms with Gasteiger partial charge in [0.15, 0.2) is 17.6 Å². The molecule has 2 N–H and O–H groups in total. The minimum absolute atomic E-state index is 0. The number of aliphatic hydroxyl groups is 1. The minimum Gasteiger partial charge on any atom is -1.00 e. The molecule has 0 fully saturated rings. The molecule has 3 aromatic carbocycles. The quantitative estimate of drug-likeness (QED) is 0.373.